The molecule has 1 heterocycles. The van der Waals surface area contributed by atoms with Gasteiger partial charge in [-0.15, -0.1) is 0 Å². The summed E-state index contributed by atoms with van der Waals surface area (Å²) >= 11 is 0. The van der Waals surface area contributed by atoms with Crippen molar-refractivity contribution < 1.29 is 25.9 Å². The fraction of sp³-hybridized carbons (Fsp3) is 0.368. The van der Waals surface area contributed by atoms with Crippen molar-refractivity contribution >= 4 is 0 Å². The molecule has 0 bridgehead atoms. The zero-order chi connectivity index (χ0) is 16.1. The molecule has 0 saturated carbocycles. The first-order valence-electron chi connectivity index (χ1n) is 8.07. The number of benzene rings is 2. The second-order valence-electron chi connectivity index (χ2n) is 5.90. The van der Waals surface area contributed by atoms with Crippen LogP contribution in [-0.4, -0.2) is 31.1 Å². The molecule has 1 saturated heterocycles. The molecule has 2 nitrogen and oxygen atoms in total. The molecular weight excluding hydrogens is 332 g/mol. The van der Waals surface area contributed by atoms with Crippen LogP contribution in [-0.2, 0) is 4.74 Å². The van der Waals surface area contributed by atoms with Gasteiger partial charge in [0.15, 0.2) is 0 Å². The molecular formula is C19H21ClF2NO-. The average molecular weight is 353 g/mol. The van der Waals surface area contributed by atoms with Crippen LogP contribution in [0.4, 0.5) is 8.78 Å². The average Bonchev–Trinajstić information content (AvgIpc) is 3.07. The Bertz CT molecular complexity index is 567. The number of ether oxygens (including phenoxy) is 1. The molecule has 0 N–H and O–H groups in total. The lowest BCUT2D eigenvalue weighted by atomic mass is 10.0. The molecule has 3 rings (SSSR count). The Hall–Kier alpha value is -1.49. The predicted molar refractivity (Wildman–Crippen MR) is 86.3 cm³/mol. The van der Waals surface area contributed by atoms with Crippen molar-refractivity contribution in [3.05, 3.63) is 71.3 Å². The number of nitrogens with zero attached hydrogens (tertiary/aromatic N) is 1. The van der Waals surface area contributed by atoms with E-state index in [4.69, 9.17) is 4.74 Å². The van der Waals surface area contributed by atoms with Crippen LogP contribution in [0.1, 0.15) is 30.1 Å². The van der Waals surface area contributed by atoms with Crippen molar-refractivity contribution in [3.8, 4) is 0 Å². The van der Waals surface area contributed by atoms with Gasteiger partial charge in [-0.05, 0) is 61.3 Å². The van der Waals surface area contributed by atoms with Crippen molar-refractivity contribution in [2.24, 2.45) is 0 Å². The predicted octanol–water partition coefficient (Wildman–Crippen LogP) is 1.17. The first kappa shape index (κ1) is 18.8. The van der Waals surface area contributed by atoms with E-state index < -0.39 is 0 Å². The molecule has 0 aromatic heterocycles. The fourth-order valence-electron chi connectivity index (χ4n) is 2.97. The molecule has 5 heteroatoms. The van der Waals surface area contributed by atoms with Crippen LogP contribution < -0.4 is 12.4 Å². The summed E-state index contributed by atoms with van der Waals surface area (Å²) in [5.41, 5.74) is 1.75. The number of likely N-dealkylation sites (tertiary alicyclic amines) is 1. The largest absolute Gasteiger partial charge is 1.00 e. The normalized spacial score (nSPS) is 14.8. The maximum absolute atomic E-state index is 13.2. The summed E-state index contributed by atoms with van der Waals surface area (Å²) < 4.78 is 32.4. The lowest BCUT2D eigenvalue weighted by molar-refractivity contribution is -0.00000710. The van der Waals surface area contributed by atoms with Crippen LogP contribution >= 0.6 is 0 Å². The van der Waals surface area contributed by atoms with E-state index >= 15 is 0 Å². The maximum Gasteiger partial charge on any atom is 0.123 e. The van der Waals surface area contributed by atoms with E-state index in [0.29, 0.717) is 6.61 Å². The van der Waals surface area contributed by atoms with E-state index in [0.717, 1.165) is 30.8 Å². The van der Waals surface area contributed by atoms with Crippen LogP contribution in [0.5, 0.6) is 0 Å². The van der Waals surface area contributed by atoms with Gasteiger partial charge in [-0.25, -0.2) is 8.78 Å². The van der Waals surface area contributed by atoms with Gasteiger partial charge >= 0.3 is 0 Å². The van der Waals surface area contributed by atoms with E-state index in [1.165, 1.54) is 37.1 Å². The lowest BCUT2D eigenvalue weighted by Gasteiger charge is -2.21. The van der Waals surface area contributed by atoms with Crippen molar-refractivity contribution in [2.75, 3.05) is 26.2 Å². The SMILES string of the molecule is Fc1ccc(C(OCCN2CCCC2)c2ccc(F)cc2)cc1.[Cl-]. The molecule has 130 valence electrons. The molecule has 0 aliphatic carbocycles. The summed E-state index contributed by atoms with van der Waals surface area (Å²) in [6.45, 7) is 3.74. The fourth-order valence-corrected chi connectivity index (χ4v) is 2.97. The van der Waals surface area contributed by atoms with E-state index in [1.807, 2.05) is 0 Å². The van der Waals surface area contributed by atoms with Crippen LogP contribution in [0.15, 0.2) is 48.5 Å². The number of rotatable bonds is 6. The third kappa shape index (κ3) is 5.00. The molecule has 1 aliphatic rings. The quantitative estimate of drug-likeness (QED) is 0.774. The van der Waals surface area contributed by atoms with Gasteiger partial charge in [-0.2, -0.15) is 0 Å². The second-order valence-corrected chi connectivity index (χ2v) is 5.90. The van der Waals surface area contributed by atoms with E-state index in [2.05, 4.69) is 4.90 Å². The van der Waals surface area contributed by atoms with E-state index in [-0.39, 0.29) is 30.1 Å². The van der Waals surface area contributed by atoms with Gasteiger partial charge < -0.3 is 22.0 Å². The minimum absolute atomic E-state index is 0. The smallest absolute Gasteiger partial charge is 0.123 e. The Morgan fingerprint density at radius 2 is 1.29 bits per heavy atom. The Morgan fingerprint density at radius 3 is 1.75 bits per heavy atom. The van der Waals surface area contributed by atoms with Crippen LogP contribution in [0.25, 0.3) is 0 Å². The Morgan fingerprint density at radius 1 is 0.833 bits per heavy atom. The minimum Gasteiger partial charge on any atom is -1.00 e. The number of halogens is 3. The summed E-state index contributed by atoms with van der Waals surface area (Å²) in [5, 5.41) is 0. The van der Waals surface area contributed by atoms with Crippen LogP contribution in [0.2, 0.25) is 0 Å². The Kier molecular flexibility index (Phi) is 7.16. The highest BCUT2D eigenvalue weighted by atomic mass is 35.5. The van der Waals surface area contributed by atoms with Crippen molar-refractivity contribution in [1.82, 2.24) is 4.90 Å². The van der Waals surface area contributed by atoms with Crippen molar-refractivity contribution in [3.63, 3.8) is 0 Å². The molecule has 1 aliphatic heterocycles. The van der Waals surface area contributed by atoms with E-state index in [1.54, 1.807) is 24.3 Å². The second kappa shape index (κ2) is 9.11. The third-order valence-corrected chi connectivity index (χ3v) is 4.24. The summed E-state index contributed by atoms with van der Waals surface area (Å²) in [4.78, 5) is 2.38. The molecule has 0 unspecified atom stereocenters. The number of hydrogen-bond donors (Lipinski definition) is 0. The molecule has 0 amide bonds. The van der Waals surface area contributed by atoms with Crippen molar-refractivity contribution in [1.29, 1.82) is 0 Å². The molecule has 24 heavy (non-hydrogen) atoms. The molecule has 0 atom stereocenters. The summed E-state index contributed by atoms with van der Waals surface area (Å²) in [6, 6.07) is 12.6. The summed E-state index contributed by atoms with van der Waals surface area (Å²) in [7, 11) is 0. The van der Waals surface area contributed by atoms with Gasteiger partial charge in [-0.1, -0.05) is 24.3 Å². The summed E-state index contributed by atoms with van der Waals surface area (Å²) in [5.74, 6) is -0.549. The van der Waals surface area contributed by atoms with Gasteiger partial charge in [0.1, 0.15) is 17.7 Å². The highest BCUT2D eigenvalue weighted by molar-refractivity contribution is 5.30. The highest BCUT2D eigenvalue weighted by Crippen LogP contribution is 2.26. The molecule has 2 aromatic rings. The highest BCUT2D eigenvalue weighted by Gasteiger charge is 2.17. The topological polar surface area (TPSA) is 12.5 Å². The van der Waals surface area contributed by atoms with Crippen LogP contribution in [0, 0.1) is 11.6 Å². The molecule has 1 fully saturated rings. The minimum atomic E-state index is -0.307. The van der Waals surface area contributed by atoms with E-state index in [9.17, 15) is 8.78 Å². The number of hydrogen-bond acceptors (Lipinski definition) is 2. The lowest BCUT2D eigenvalue weighted by Crippen LogP contribution is -3.00. The Balaban J connectivity index is 0.00000208. The van der Waals surface area contributed by atoms with Gasteiger partial charge in [0, 0.05) is 6.54 Å². The first-order chi connectivity index (χ1) is 11.2. The zero-order valence-corrected chi connectivity index (χ0v) is 14.2. The Labute approximate surface area is 147 Å². The van der Waals surface area contributed by atoms with Gasteiger partial charge in [0.25, 0.3) is 0 Å². The zero-order valence-electron chi connectivity index (χ0n) is 13.4. The third-order valence-electron chi connectivity index (χ3n) is 4.24. The first-order valence-corrected chi connectivity index (χ1v) is 8.07. The molecule has 2 aromatic carbocycles. The summed E-state index contributed by atoms with van der Waals surface area (Å²) in [6.07, 6.45) is 2.19. The standard InChI is InChI=1S/C19H21F2NO.ClH/c20-17-7-3-15(4-8-17)19(16-5-9-18(21)10-6-16)23-14-13-22-11-1-2-12-22;/h3-10,19H,1-2,11-14H2;1H/p-1. The van der Waals surface area contributed by atoms with Gasteiger partial charge in [0.05, 0.1) is 6.61 Å². The van der Waals surface area contributed by atoms with Crippen molar-refractivity contribution in [2.45, 2.75) is 18.9 Å². The molecule has 0 spiro atoms. The monoisotopic (exact) mass is 352 g/mol. The van der Waals surface area contributed by atoms with Gasteiger partial charge in [-0.3, -0.25) is 0 Å². The maximum atomic E-state index is 13.2. The van der Waals surface area contributed by atoms with Gasteiger partial charge in [0.2, 0.25) is 0 Å². The molecule has 0 radical (unpaired) electrons. The van der Waals surface area contributed by atoms with Crippen LogP contribution in [0.3, 0.4) is 0 Å².